The quantitative estimate of drug-likeness (QED) is 0.710. The van der Waals surface area contributed by atoms with Crippen LogP contribution < -0.4 is 5.56 Å². The van der Waals surface area contributed by atoms with E-state index in [-0.39, 0.29) is 18.4 Å². The van der Waals surface area contributed by atoms with E-state index in [2.05, 4.69) is 4.94 Å². The number of hydrogen-bond acceptors (Lipinski definition) is 4. The number of halogens is 4. The van der Waals surface area contributed by atoms with Crippen LogP contribution in [0.4, 0.5) is 17.7 Å². The highest BCUT2D eigenvalue weighted by atomic mass is 19.4. The molecular formula is C17H24F4N2O3. The maximum absolute atomic E-state index is 13.3. The Morgan fingerprint density at radius 1 is 1.27 bits per heavy atom. The second-order valence-electron chi connectivity index (χ2n) is 7.69. The second kappa shape index (κ2) is 8.20. The van der Waals surface area contributed by atoms with Gasteiger partial charge in [-0.1, -0.05) is 20.8 Å². The van der Waals surface area contributed by atoms with Crippen molar-refractivity contribution in [1.29, 1.82) is 0 Å². The van der Waals surface area contributed by atoms with E-state index in [1.807, 2.05) is 0 Å². The molecule has 1 aromatic heterocycles. The highest BCUT2D eigenvalue weighted by Gasteiger charge is 2.36. The first kappa shape index (κ1) is 22.1. The summed E-state index contributed by atoms with van der Waals surface area (Å²) in [4.78, 5) is 29.0. The average Bonchev–Trinajstić information content (AvgIpc) is 2.48. The lowest BCUT2D eigenvalue weighted by Gasteiger charge is -2.26. The van der Waals surface area contributed by atoms with Crippen molar-refractivity contribution in [3.63, 3.8) is 0 Å². The van der Waals surface area contributed by atoms with E-state index in [0.29, 0.717) is 12.6 Å². The van der Waals surface area contributed by atoms with Crippen molar-refractivity contribution in [2.24, 2.45) is 5.41 Å². The van der Waals surface area contributed by atoms with E-state index in [9.17, 15) is 27.3 Å². The van der Waals surface area contributed by atoms with E-state index in [4.69, 9.17) is 0 Å². The van der Waals surface area contributed by atoms with Crippen molar-refractivity contribution >= 4 is 5.97 Å². The third kappa shape index (κ3) is 6.12. The molecule has 0 saturated carbocycles. The van der Waals surface area contributed by atoms with Crippen LogP contribution in [0.2, 0.25) is 0 Å². The number of rotatable bonds is 6. The summed E-state index contributed by atoms with van der Waals surface area (Å²) in [7, 11) is 3.40. The van der Waals surface area contributed by atoms with Crippen molar-refractivity contribution in [1.82, 2.24) is 9.47 Å². The van der Waals surface area contributed by atoms with Gasteiger partial charge in [0.15, 0.2) is 0 Å². The van der Waals surface area contributed by atoms with Gasteiger partial charge in [0.2, 0.25) is 0 Å². The predicted molar refractivity (Wildman–Crippen MR) is 88.3 cm³/mol. The summed E-state index contributed by atoms with van der Waals surface area (Å²) >= 11 is 0. The van der Waals surface area contributed by atoms with Gasteiger partial charge in [-0.2, -0.15) is 13.2 Å². The monoisotopic (exact) mass is 380 g/mol. The van der Waals surface area contributed by atoms with Crippen LogP contribution in [0.15, 0.2) is 17.1 Å². The van der Waals surface area contributed by atoms with Crippen LogP contribution in [-0.4, -0.2) is 36.1 Å². The molecule has 0 N–H and O–H groups in total. The van der Waals surface area contributed by atoms with Crippen LogP contribution in [0.5, 0.6) is 0 Å². The van der Waals surface area contributed by atoms with Crippen molar-refractivity contribution < 1.29 is 27.4 Å². The molecule has 0 aliphatic rings. The molecule has 0 aliphatic heterocycles. The van der Waals surface area contributed by atoms with E-state index in [0.717, 1.165) is 10.8 Å². The summed E-state index contributed by atoms with van der Waals surface area (Å²) in [5.74, 6) is -1.32. The Bertz CT molecular complexity index is 691. The van der Waals surface area contributed by atoms with Gasteiger partial charge in [0.25, 0.3) is 5.56 Å². The number of aromatic nitrogens is 1. The number of carbonyl (C=O) groups excluding carboxylic acids is 1. The van der Waals surface area contributed by atoms with Gasteiger partial charge in [-0.05, 0) is 37.9 Å². The molecule has 1 rings (SSSR count). The first-order valence-corrected chi connectivity index (χ1v) is 8.05. The third-order valence-corrected chi connectivity index (χ3v) is 3.79. The molecule has 0 amide bonds. The summed E-state index contributed by atoms with van der Waals surface area (Å²) < 4.78 is 53.1. The molecule has 9 heteroatoms. The van der Waals surface area contributed by atoms with Gasteiger partial charge >= 0.3 is 12.1 Å². The van der Waals surface area contributed by atoms with Gasteiger partial charge < -0.3 is 9.47 Å². The lowest BCUT2D eigenvalue weighted by molar-refractivity contribution is -0.189. The number of alkyl halides is 3. The minimum absolute atomic E-state index is 0.00896. The Balaban J connectivity index is 3.51. The Hall–Kier alpha value is -1.90. The fourth-order valence-electron chi connectivity index (χ4n) is 2.57. The van der Waals surface area contributed by atoms with Gasteiger partial charge in [-0.15, -0.1) is 0 Å². The summed E-state index contributed by atoms with van der Waals surface area (Å²) in [6.07, 6.45) is -3.69. The van der Waals surface area contributed by atoms with Gasteiger partial charge in [0.05, 0.1) is 5.56 Å². The Labute approximate surface area is 149 Å². The van der Waals surface area contributed by atoms with E-state index >= 15 is 0 Å². The molecule has 0 radical (unpaired) electrons. The smallest absolute Gasteiger partial charge is 0.309 e. The van der Waals surface area contributed by atoms with Crippen LogP contribution >= 0.6 is 0 Å². The lowest BCUT2D eigenvalue weighted by Crippen LogP contribution is -2.34. The van der Waals surface area contributed by atoms with Crippen LogP contribution in [0.3, 0.4) is 0 Å². The van der Waals surface area contributed by atoms with Crippen LogP contribution in [-0.2, 0) is 22.3 Å². The minimum atomic E-state index is -4.71. The number of carbonyl (C=O) groups is 1. The first-order chi connectivity index (χ1) is 11.8. The molecule has 1 unspecified atom stereocenters. The maximum Gasteiger partial charge on any atom is 0.416 e. The number of pyridine rings is 1. The molecule has 26 heavy (non-hydrogen) atoms. The van der Waals surface area contributed by atoms with Gasteiger partial charge in [0.1, 0.15) is 6.04 Å². The SMILES string of the molecule is CN(C)CCc1cn(C(CC(C)(C)C)C(=O)OF)c(=O)cc1C(F)(F)F. The van der Waals surface area contributed by atoms with Gasteiger partial charge in [0, 0.05) is 23.3 Å². The largest absolute Gasteiger partial charge is 0.416 e. The number of hydrogen-bond donors (Lipinski definition) is 0. The molecule has 0 aliphatic carbocycles. The second-order valence-corrected chi connectivity index (χ2v) is 7.69. The first-order valence-electron chi connectivity index (χ1n) is 8.05. The predicted octanol–water partition coefficient (Wildman–Crippen LogP) is 3.38. The highest BCUT2D eigenvalue weighted by Crippen LogP contribution is 2.33. The normalized spacial score (nSPS) is 13.8. The molecule has 0 fully saturated rings. The van der Waals surface area contributed by atoms with Crippen molar-refractivity contribution in [2.75, 3.05) is 20.6 Å². The fourth-order valence-corrected chi connectivity index (χ4v) is 2.57. The summed E-state index contributed by atoms with van der Waals surface area (Å²) in [5.41, 5.74) is -2.73. The van der Waals surface area contributed by atoms with E-state index < -0.39 is 34.7 Å². The molecule has 0 bridgehead atoms. The summed E-state index contributed by atoms with van der Waals surface area (Å²) in [5, 5.41) is 0. The van der Waals surface area contributed by atoms with E-state index in [1.54, 1.807) is 39.8 Å². The fraction of sp³-hybridized carbons (Fsp3) is 0.647. The van der Waals surface area contributed by atoms with Crippen molar-refractivity contribution in [3.8, 4) is 0 Å². The van der Waals surface area contributed by atoms with Gasteiger partial charge in [-0.25, -0.2) is 4.79 Å². The zero-order valence-corrected chi connectivity index (χ0v) is 15.5. The summed E-state index contributed by atoms with van der Waals surface area (Å²) in [6.45, 7) is 5.58. The molecule has 148 valence electrons. The van der Waals surface area contributed by atoms with Gasteiger partial charge in [-0.3, -0.25) is 9.74 Å². The molecular weight excluding hydrogens is 356 g/mol. The highest BCUT2D eigenvalue weighted by molar-refractivity contribution is 5.73. The molecule has 0 spiro atoms. The molecule has 1 atom stereocenters. The van der Waals surface area contributed by atoms with Crippen LogP contribution in [0.1, 0.15) is 44.4 Å². The topological polar surface area (TPSA) is 51.5 Å². The molecule has 0 saturated heterocycles. The maximum atomic E-state index is 13.3. The minimum Gasteiger partial charge on any atom is -0.309 e. The molecule has 5 nitrogen and oxygen atoms in total. The summed E-state index contributed by atoms with van der Waals surface area (Å²) in [6, 6.07) is -0.903. The zero-order chi connectivity index (χ0) is 20.3. The average molecular weight is 380 g/mol. The lowest BCUT2D eigenvalue weighted by atomic mass is 9.88. The number of nitrogens with zero attached hydrogens (tertiary/aromatic N) is 2. The number of likely N-dealkylation sites (N-methyl/N-ethyl adjacent to an activating group) is 1. The Morgan fingerprint density at radius 3 is 2.27 bits per heavy atom. The standard InChI is InChI=1S/C17H24F4N2O3/c1-16(2,3)9-13(15(25)26-21)23-10-11(6-7-22(4)5)12(8-14(23)24)17(18,19)20/h8,10,13H,6-7,9H2,1-5H3. The molecule has 0 aromatic carbocycles. The van der Waals surface area contributed by atoms with Crippen LogP contribution in [0.25, 0.3) is 0 Å². The van der Waals surface area contributed by atoms with Crippen molar-refractivity contribution in [2.45, 2.75) is 45.8 Å². The Kier molecular flexibility index (Phi) is 6.98. The van der Waals surface area contributed by atoms with E-state index in [1.165, 1.54) is 0 Å². The molecule has 1 heterocycles. The van der Waals surface area contributed by atoms with Crippen LogP contribution in [0, 0.1) is 5.41 Å². The zero-order valence-electron chi connectivity index (χ0n) is 15.5. The Morgan fingerprint density at radius 2 is 1.85 bits per heavy atom. The van der Waals surface area contributed by atoms with Crippen molar-refractivity contribution in [3.05, 3.63) is 33.7 Å². The molecule has 1 aromatic rings. The third-order valence-electron chi connectivity index (χ3n) is 3.79.